The van der Waals surface area contributed by atoms with Crippen molar-refractivity contribution >= 4 is 6.29 Å². The highest BCUT2D eigenvalue weighted by Crippen LogP contribution is 2.21. The van der Waals surface area contributed by atoms with E-state index in [1.54, 1.807) is 6.08 Å². The van der Waals surface area contributed by atoms with Crippen LogP contribution in [0.15, 0.2) is 77.9 Å². The summed E-state index contributed by atoms with van der Waals surface area (Å²) in [5, 5.41) is 0. The number of carbonyl (C=O) groups is 1. The van der Waals surface area contributed by atoms with E-state index in [0.717, 1.165) is 49.4 Å². The summed E-state index contributed by atoms with van der Waals surface area (Å²) in [6.07, 6.45) is 9.28. The number of aldehydes is 1. The summed E-state index contributed by atoms with van der Waals surface area (Å²) in [5.41, 5.74) is 3.69. The van der Waals surface area contributed by atoms with Crippen molar-refractivity contribution in [2.24, 2.45) is 0 Å². The van der Waals surface area contributed by atoms with Crippen molar-refractivity contribution < 1.29 is 19.0 Å². The average molecular weight is 513 g/mol. The molecule has 0 heterocycles. The third-order valence-corrected chi connectivity index (χ3v) is 4.72. The van der Waals surface area contributed by atoms with E-state index in [0.29, 0.717) is 0 Å². The first kappa shape index (κ1) is 36.5. The van der Waals surface area contributed by atoms with E-state index in [2.05, 4.69) is 46.8 Å². The molecule has 37 heavy (non-hydrogen) atoms. The summed E-state index contributed by atoms with van der Waals surface area (Å²) in [4.78, 5) is 10.0. The highest BCUT2D eigenvalue weighted by molar-refractivity contribution is 5.65. The van der Waals surface area contributed by atoms with E-state index < -0.39 is 0 Å². The predicted octanol–water partition coefficient (Wildman–Crippen LogP) is 9.88. The van der Waals surface area contributed by atoms with Crippen LogP contribution in [0.2, 0.25) is 0 Å². The number of carbonyl (C=O) groups excluding carboxylic acids is 1. The maximum Gasteiger partial charge on any atom is 0.154 e. The van der Waals surface area contributed by atoms with E-state index in [-0.39, 0.29) is 6.29 Å². The highest BCUT2D eigenvalue weighted by atomic mass is 16.7. The summed E-state index contributed by atoms with van der Waals surface area (Å²) < 4.78 is 15.8. The molecule has 0 saturated carbocycles. The van der Waals surface area contributed by atoms with Gasteiger partial charge in [0.1, 0.15) is 17.8 Å². The number of aryl methyl sites for hydroxylation is 1. The lowest BCUT2D eigenvalue weighted by atomic mass is 10.1. The van der Waals surface area contributed by atoms with E-state index in [9.17, 15) is 4.79 Å². The second-order valence-corrected chi connectivity index (χ2v) is 8.68. The number of allylic oxidation sites excluding steroid dienone is 4. The zero-order valence-corrected chi connectivity index (χ0v) is 24.9. The van der Waals surface area contributed by atoms with Gasteiger partial charge in [-0.1, -0.05) is 74.2 Å². The van der Waals surface area contributed by atoms with Crippen LogP contribution in [0.1, 0.15) is 86.6 Å². The maximum absolute atomic E-state index is 10.0. The molecule has 0 aromatic heterocycles. The van der Waals surface area contributed by atoms with Gasteiger partial charge < -0.3 is 14.2 Å². The van der Waals surface area contributed by atoms with Crippen LogP contribution in [0.4, 0.5) is 0 Å². The molecule has 2 rings (SSSR count). The normalized spacial score (nSPS) is 10.1. The second-order valence-electron chi connectivity index (χ2n) is 8.68. The standard InChI is InChI=1S/C13H12O.C10H16O.C6H14O2.C4H10/c1-11-6-5-9-13(10-11)14-12-7-3-2-4-8-12;1-9(2)5-4-6-10(3)7-8-11;1-4-7-6(3)8-5-2;1-3-4-2/h2-10H,1H3;5,7-8H,4,6H2,1-3H3;6H,4-5H2,1-3H3;3-4H2,1-2H3/b;10-7+;;. The Morgan fingerprint density at radius 1 is 0.838 bits per heavy atom. The molecule has 2 aromatic carbocycles. The molecule has 2 aromatic rings. The Bertz CT molecular complexity index is 828. The Morgan fingerprint density at radius 2 is 1.41 bits per heavy atom. The smallest absolute Gasteiger partial charge is 0.154 e. The van der Waals surface area contributed by atoms with Crippen molar-refractivity contribution in [3.8, 4) is 11.5 Å². The SMILES string of the molecule is CC(C)=CCC/C(C)=C/C=O.CCCC.CCOC(C)OCC.Cc1cccc(Oc2ccccc2)c1. The molecule has 0 aliphatic carbocycles. The van der Waals surface area contributed by atoms with Gasteiger partial charge >= 0.3 is 0 Å². The van der Waals surface area contributed by atoms with Gasteiger partial charge in [-0.3, -0.25) is 4.79 Å². The van der Waals surface area contributed by atoms with Crippen LogP contribution < -0.4 is 4.74 Å². The molecule has 0 fully saturated rings. The molecule has 0 aliphatic heterocycles. The summed E-state index contributed by atoms with van der Waals surface area (Å²) in [6, 6.07) is 17.8. The van der Waals surface area contributed by atoms with Crippen LogP contribution in [-0.2, 0) is 14.3 Å². The second kappa shape index (κ2) is 26.4. The molecule has 4 nitrogen and oxygen atoms in total. The molecule has 0 amide bonds. The first-order chi connectivity index (χ1) is 17.7. The summed E-state index contributed by atoms with van der Waals surface area (Å²) in [5.74, 6) is 1.76. The fourth-order valence-electron chi connectivity index (χ4n) is 2.61. The Kier molecular flexibility index (Phi) is 26.0. The Morgan fingerprint density at radius 3 is 1.86 bits per heavy atom. The number of ether oxygens (including phenoxy) is 3. The number of unbranched alkanes of at least 4 members (excludes halogenated alkanes) is 1. The zero-order valence-electron chi connectivity index (χ0n) is 24.9. The van der Waals surface area contributed by atoms with Gasteiger partial charge in [-0.2, -0.15) is 0 Å². The first-order valence-corrected chi connectivity index (χ1v) is 13.5. The van der Waals surface area contributed by atoms with E-state index in [1.165, 1.54) is 24.0 Å². The van der Waals surface area contributed by atoms with Crippen molar-refractivity contribution in [2.45, 2.75) is 94.3 Å². The molecule has 0 atom stereocenters. The van der Waals surface area contributed by atoms with Crippen molar-refractivity contribution in [1.82, 2.24) is 0 Å². The van der Waals surface area contributed by atoms with Gasteiger partial charge in [0.15, 0.2) is 6.29 Å². The number of benzene rings is 2. The Labute approximate surface area is 227 Å². The third-order valence-electron chi connectivity index (χ3n) is 4.72. The Hall–Kier alpha value is -2.69. The monoisotopic (exact) mass is 512 g/mol. The fourth-order valence-corrected chi connectivity index (χ4v) is 2.61. The van der Waals surface area contributed by atoms with E-state index in [4.69, 9.17) is 14.2 Å². The van der Waals surface area contributed by atoms with Gasteiger partial charge in [-0.05, 0) is 97.2 Å². The quantitative estimate of drug-likeness (QED) is 0.130. The molecule has 0 unspecified atom stereocenters. The van der Waals surface area contributed by atoms with Gasteiger partial charge in [0.2, 0.25) is 0 Å². The average Bonchev–Trinajstić information content (AvgIpc) is 2.86. The summed E-state index contributed by atoms with van der Waals surface area (Å²) >= 11 is 0. The van der Waals surface area contributed by atoms with Crippen LogP contribution in [-0.4, -0.2) is 25.8 Å². The zero-order chi connectivity index (χ0) is 28.3. The topological polar surface area (TPSA) is 44.8 Å². The first-order valence-electron chi connectivity index (χ1n) is 13.5. The van der Waals surface area contributed by atoms with Crippen LogP contribution in [0.5, 0.6) is 11.5 Å². The minimum Gasteiger partial charge on any atom is -0.457 e. The number of rotatable bonds is 11. The van der Waals surface area contributed by atoms with Gasteiger partial charge in [0.05, 0.1) is 0 Å². The number of hydrogen-bond acceptors (Lipinski definition) is 4. The highest BCUT2D eigenvalue weighted by Gasteiger charge is 1.96. The minimum absolute atomic E-state index is 0.0370. The molecule has 0 bridgehead atoms. The summed E-state index contributed by atoms with van der Waals surface area (Å²) in [6.45, 7) is 19.8. The van der Waals surface area contributed by atoms with Gasteiger partial charge in [-0.15, -0.1) is 0 Å². The molecule has 208 valence electrons. The van der Waals surface area contributed by atoms with Crippen LogP contribution in [0, 0.1) is 6.92 Å². The van der Waals surface area contributed by atoms with Crippen molar-refractivity contribution in [1.29, 1.82) is 0 Å². The van der Waals surface area contributed by atoms with Crippen LogP contribution in [0.25, 0.3) is 0 Å². The van der Waals surface area contributed by atoms with Gasteiger partial charge in [0, 0.05) is 13.2 Å². The fraction of sp³-hybridized carbons (Fsp3) is 0.485. The molecule has 0 radical (unpaired) electrons. The molecule has 0 spiro atoms. The maximum atomic E-state index is 10.0. The van der Waals surface area contributed by atoms with Crippen molar-refractivity contribution in [2.75, 3.05) is 13.2 Å². The lowest BCUT2D eigenvalue weighted by Crippen LogP contribution is -2.11. The molecular weight excluding hydrogens is 460 g/mol. The summed E-state index contributed by atoms with van der Waals surface area (Å²) in [7, 11) is 0. The number of hydrogen-bond donors (Lipinski definition) is 0. The predicted molar refractivity (Wildman–Crippen MR) is 159 cm³/mol. The minimum atomic E-state index is -0.0370. The third kappa shape index (κ3) is 26.2. The molecule has 4 heteroatoms. The van der Waals surface area contributed by atoms with Gasteiger partial charge in [-0.25, -0.2) is 0 Å². The number of para-hydroxylation sites is 1. The van der Waals surface area contributed by atoms with Gasteiger partial charge in [0.25, 0.3) is 0 Å². The molecule has 0 aliphatic rings. The van der Waals surface area contributed by atoms with E-state index >= 15 is 0 Å². The van der Waals surface area contributed by atoms with Crippen LogP contribution >= 0.6 is 0 Å². The van der Waals surface area contributed by atoms with E-state index in [1.807, 2.05) is 76.2 Å². The van der Waals surface area contributed by atoms with Crippen LogP contribution in [0.3, 0.4) is 0 Å². The lowest BCUT2D eigenvalue weighted by molar-refractivity contribution is -0.123. The van der Waals surface area contributed by atoms with Crippen molar-refractivity contribution in [3.05, 3.63) is 83.5 Å². The largest absolute Gasteiger partial charge is 0.457 e. The lowest BCUT2D eigenvalue weighted by Gasteiger charge is -2.09. The molecular formula is C33H52O4. The Balaban J connectivity index is 0. The van der Waals surface area contributed by atoms with Crippen molar-refractivity contribution in [3.63, 3.8) is 0 Å². The molecule has 0 saturated heterocycles. The molecule has 0 N–H and O–H groups in total.